The van der Waals surface area contributed by atoms with Crippen LogP contribution in [0.3, 0.4) is 0 Å². The fourth-order valence-corrected chi connectivity index (χ4v) is 2.54. The molecule has 2 rings (SSSR count). The summed E-state index contributed by atoms with van der Waals surface area (Å²) in [6, 6.07) is 4.93. The first-order valence-corrected chi connectivity index (χ1v) is 7.20. The van der Waals surface area contributed by atoms with Crippen molar-refractivity contribution in [1.29, 1.82) is 0 Å². The van der Waals surface area contributed by atoms with Crippen LogP contribution >= 0.6 is 35.6 Å². The van der Waals surface area contributed by atoms with Crippen LogP contribution in [0.2, 0.25) is 10.0 Å². The third-order valence-corrected chi connectivity index (χ3v) is 4.41. The van der Waals surface area contributed by atoms with E-state index in [4.69, 9.17) is 23.2 Å². The Balaban J connectivity index is 0.00000200. The molecule has 112 valence electrons. The zero-order valence-corrected chi connectivity index (χ0v) is 13.7. The van der Waals surface area contributed by atoms with Crippen LogP contribution in [-0.2, 0) is 0 Å². The SMILES string of the molecule is CC1(CNC(=O)c2ccc(Cl)c(Cl)c2)CCNCC1.Cl. The van der Waals surface area contributed by atoms with Gasteiger partial charge in [0.25, 0.3) is 5.91 Å². The zero-order valence-electron chi connectivity index (χ0n) is 11.3. The van der Waals surface area contributed by atoms with Gasteiger partial charge in [0.1, 0.15) is 0 Å². The lowest BCUT2D eigenvalue weighted by Crippen LogP contribution is -2.42. The molecule has 1 aliphatic heterocycles. The monoisotopic (exact) mass is 336 g/mol. The number of carbonyl (C=O) groups is 1. The molecule has 20 heavy (non-hydrogen) atoms. The highest BCUT2D eigenvalue weighted by Gasteiger charge is 2.27. The Bertz CT molecular complexity index is 473. The molecule has 1 fully saturated rings. The summed E-state index contributed by atoms with van der Waals surface area (Å²) in [6.07, 6.45) is 2.16. The molecule has 0 aliphatic carbocycles. The predicted molar refractivity (Wildman–Crippen MR) is 86.3 cm³/mol. The van der Waals surface area contributed by atoms with Gasteiger partial charge in [-0.25, -0.2) is 0 Å². The summed E-state index contributed by atoms with van der Waals surface area (Å²) in [5, 5.41) is 7.18. The minimum Gasteiger partial charge on any atom is -0.351 e. The fourth-order valence-electron chi connectivity index (χ4n) is 2.24. The standard InChI is InChI=1S/C14H18Cl2N2O.ClH/c1-14(4-6-17-7-5-14)9-18-13(19)10-2-3-11(15)12(16)8-10;/h2-3,8,17H,4-7,9H2,1H3,(H,18,19);1H. The van der Waals surface area contributed by atoms with Gasteiger partial charge in [-0.15, -0.1) is 12.4 Å². The average molecular weight is 338 g/mol. The summed E-state index contributed by atoms with van der Waals surface area (Å²) in [5.41, 5.74) is 0.726. The molecule has 0 atom stereocenters. The van der Waals surface area contributed by atoms with Crippen molar-refractivity contribution in [2.75, 3.05) is 19.6 Å². The second-order valence-corrected chi connectivity index (χ2v) is 6.19. The molecule has 0 saturated carbocycles. The Kier molecular flexibility index (Phi) is 6.59. The Hall–Kier alpha value is -0.480. The Morgan fingerprint density at radius 2 is 1.95 bits per heavy atom. The molecule has 3 nitrogen and oxygen atoms in total. The van der Waals surface area contributed by atoms with Crippen molar-refractivity contribution in [1.82, 2.24) is 10.6 Å². The van der Waals surface area contributed by atoms with Gasteiger partial charge in [-0.3, -0.25) is 4.79 Å². The molecule has 0 spiro atoms. The molecule has 0 bridgehead atoms. The van der Waals surface area contributed by atoms with Crippen molar-refractivity contribution < 1.29 is 4.79 Å². The van der Waals surface area contributed by atoms with Crippen LogP contribution in [0.4, 0.5) is 0 Å². The normalized spacial score (nSPS) is 17.1. The van der Waals surface area contributed by atoms with Gasteiger partial charge < -0.3 is 10.6 Å². The Morgan fingerprint density at radius 1 is 1.30 bits per heavy atom. The van der Waals surface area contributed by atoms with E-state index in [1.165, 1.54) is 0 Å². The number of nitrogens with one attached hydrogen (secondary N) is 2. The largest absolute Gasteiger partial charge is 0.351 e. The van der Waals surface area contributed by atoms with E-state index in [-0.39, 0.29) is 23.7 Å². The first kappa shape index (κ1) is 17.6. The number of benzene rings is 1. The van der Waals surface area contributed by atoms with Crippen molar-refractivity contribution in [3.05, 3.63) is 33.8 Å². The highest BCUT2D eigenvalue weighted by Crippen LogP contribution is 2.27. The first-order chi connectivity index (χ1) is 9.00. The Morgan fingerprint density at radius 3 is 2.55 bits per heavy atom. The fraction of sp³-hybridized carbons (Fsp3) is 0.500. The van der Waals surface area contributed by atoms with Crippen LogP contribution in [0.25, 0.3) is 0 Å². The molecule has 1 heterocycles. The van der Waals surface area contributed by atoms with Crippen LogP contribution in [0.1, 0.15) is 30.1 Å². The minimum atomic E-state index is -0.0988. The quantitative estimate of drug-likeness (QED) is 0.886. The van der Waals surface area contributed by atoms with Gasteiger partial charge >= 0.3 is 0 Å². The maximum Gasteiger partial charge on any atom is 0.251 e. The van der Waals surface area contributed by atoms with Gasteiger partial charge in [0.15, 0.2) is 0 Å². The zero-order chi connectivity index (χ0) is 13.9. The summed E-state index contributed by atoms with van der Waals surface area (Å²) < 4.78 is 0. The van der Waals surface area contributed by atoms with Gasteiger partial charge in [0.2, 0.25) is 0 Å². The van der Waals surface area contributed by atoms with Crippen molar-refractivity contribution in [2.24, 2.45) is 5.41 Å². The van der Waals surface area contributed by atoms with E-state index in [1.54, 1.807) is 18.2 Å². The number of piperidine rings is 1. The average Bonchev–Trinajstić information content (AvgIpc) is 2.40. The van der Waals surface area contributed by atoms with Gasteiger partial charge in [0.05, 0.1) is 10.0 Å². The van der Waals surface area contributed by atoms with Crippen LogP contribution < -0.4 is 10.6 Å². The lowest BCUT2D eigenvalue weighted by Gasteiger charge is -2.34. The second-order valence-electron chi connectivity index (χ2n) is 5.37. The number of amides is 1. The van der Waals surface area contributed by atoms with E-state index in [2.05, 4.69) is 17.6 Å². The molecular formula is C14H19Cl3N2O. The van der Waals surface area contributed by atoms with Crippen LogP contribution in [-0.4, -0.2) is 25.5 Å². The van der Waals surface area contributed by atoms with E-state index >= 15 is 0 Å². The predicted octanol–water partition coefficient (Wildman–Crippen LogP) is 3.53. The van der Waals surface area contributed by atoms with E-state index < -0.39 is 0 Å². The number of hydrogen-bond acceptors (Lipinski definition) is 2. The highest BCUT2D eigenvalue weighted by molar-refractivity contribution is 6.42. The summed E-state index contributed by atoms with van der Waals surface area (Å²) >= 11 is 11.7. The lowest BCUT2D eigenvalue weighted by molar-refractivity contribution is 0.0922. The van der Waals surface area contributed by atoms with E-state index in [9.17, 15) is 4.79 Å². The second kappa shape index (κ2) is 7.51. The summed E-state index contributed by atoms with van der Waals surface area (Å²) in [6.45, 7) is 4.93. The van der Waals surface area contributed by atoms with Crippen molar-refractivity contribution >= 4 is 41.5 Å². The molecule has 0 radical (unpaired) electrons. The highest BCUT2D eigenvalue weighted by atomic mass is 35.5. The van der Waals surface area contributed by atoms with Gasteiger partial charge in [-0.05, 0) is 49.5 Å². The van der Waals surface area contributed by atoms with Crippen molar-refractivity contribution in [3.8, 4) is 0 Å². The van der Waals surface area contributed by atoms with Crippen molar-refractivity contribution in [2.45, 2.75) is 19.8 Å². The molecule has 2 N–H and O–H groups in total. The van der Waals surface area contributed by atoms with Gasteiger partial charge in [0, 0.05) is 12.1 Å². The maximum absolute atomic E-state index is 12.1. The number of rotatable bonds is 3. The number of halogens is 3. The topological polar surface area (TPSA) is 41.1 Å². The molecule has 0 unspecified atom stereocenters. The molecular weight excluding hydrogens is 319 g/mol. The van der Waals surface area contributed by atoms with Gasteiger partial charge in [-0.2, -0.15) is 0 Å². The number of carbonyl (C=O) groups excluding carboxylic acids is 1. The summed E-state index contributed by atoms with van der Waals surface area (Å²) in [7, 11) is 0. The molecule has 0 aromatic heterocycles. The minimum absolute atomic E-state index is 0. The Labute approximate surface area is 135 Å². The van der Waals surface area contributed by atoms with Crippen LogP contribution in [0.15, 0.2) is 18.2 Å². The molecule has 1 aromatic carbocycles. The molecule has 1 aliphatic rings. The molecule has 1 saturated heterocycles. The molecule has 6 heteroatoms. The molecule has 1 amide bonds. The van der Waals surface area contributed by atoms with E-state index in [0.717, 1.165) is 25.9 Å². The van der Waals surface area contributed by atoms with Gasteiger partial charge in [-0.1, -0.05) is 30.1 Å². The van der Waals surface area contributed by atoms with E-state index in [0.29, 0.717) is 22.2 Å². The smallest absolute Gasteiger partial charge is 0.251 e. The molecule has 1 aromatic rings. The van der Waals surface area contributed by atoms with Crippen LogP contribution in [0, 0.1) is 5.41 Å². The number of hydrogen-bond donors (Lipinski definition) is 2. The summed E-state index contributed by atoms with van der Waals surface area (Å²) in [4.78, 5) is 12.1. The lowest BCUT2D eigenvalue weighted by atomic mass is 9.81. The first-order valence-electron chi connectivity index (χ1n) is 6.44. The third-order valence-electron chi connectivity index (χ3n) is 3.67. The van der Waals surface area contributed by atoms with E-state index in [1.807, 2.05) is 0 Å². The summed E-state index contributed by atoms with van der Waals surface area (Å²) in [5.74, 6) is -0.0988. The maximum atomic E-state index is 12.1. The van der Waals surface area contributed by atoms with Crippen molar-refractivity contribution in [3.63, 3.8) is 0 Å². The third kappa shape index (κ3) is 4.52. The van der Waals surface area contributed by atoms with Crippen LogP contribution in [0.5, 0.6) is 0 Å².